The Bertz CT molecular complexity index is 2040. The van der Waals surface area contributed by atoms with E-state index < -0.39 is 0 Å². The molecule has 0 atom stereocenters. The summed E-state index contributed by atoms with van der Waals surface area (Å²) in [7, 11) is 0. The third kappa shape index (κ3) is 4.65. The Morgan fingerprint density at radius 1 is 0.707 bits per heavy atom. The van der Waals surface area contributed by atoms with Gasteiger partial charge in [-0.2, -0.15) is 0 Å². The van der Waals surface area contributed by atoms with Crippen molar-refractivity contribution >= 4 is 51.3 Å². The first-order valence-corrected chi connectivity index (χ1v) is 14.6. The lowest BCUT2D eigenvalue weighted by Gasteiger charge is -2.13. The van der Waals surface area contributed by atoms with Crippen LogP contribution in [0, 0.1) is 0 Å². The third-order valence-electron chi connectivity index (χ3n) is 7.53. The predicted molar refractivity (Wildman–Crippen MR) is 176 cm³/mol. The van der Waals surface area contributed by atoms with Crippen LogP contribution in [0.1, 0.15) is 23.7 Å². The fourth-order valence-electron chi connectivity index (χ4n) is 5.48. The molecule has 0 aliphatic carbocycles. The maximum absolute atomic E-state index is 5.26. The summed E-state index contributed by atoms with van der Waals surface area (Å²) in [5.41, 5.74) is 9.10. The van der Waals surface area contributed by atoms with E-state index in [0.29, 0.717) is 0 Å². The van der Waals surface area contributed by atoms with Gasteiger partial charge in [-0.1, -0.05) is 122 Å². The molecule has 2 aromatic heterocycles. The number of pyridine rings is 1. The highest BCUT2D eigenvalue weighted by Gasteiger charge is 2.19. The van der Waals surface area contributed by atoms with Crippen molar-refractivity contribution in [1.29, 1.82) is 0 Å². The zero-order valence-electron chi connectivity index (χ0n) is 22.8. The summed E-state index contributed by atoms with van der Waals surface area (Å²) in [5, 5.41) is 2.45. The molecule has 4 aromatic carbocycles. The van der Waals surface area contributed by atoms with E-state index in [0.717, 1.165) is 33.7 Å². The molecule has 3 heteroatoms. The molecule has 196 valence electrons. The molecule has 41 heavy (non-hydrogen) atoms. The minimum atomic E-state index is 0.904. The van der Waals surface area contributed by atoms with Crippen LogP contribution in [0.25, 0.3) is 56.5 Å². The van der Waals surface area contributed by atoms with Crippen molar-refractivity contribution in [3.8, 4) is 16.9 Å². The van der Waals surface area contributed by atoms with E-state index in [4.69, 9.17) is 4.98 Å². The second-order valence-corrected chi connectivity index (χ2v) is 11.3. The average molecular weight is 545 g/mol. The first-order chi connectivity index (χ1) is 20.2. The Kier molecular flexibility index (Phi) is 6.50. The summed E-state index contributed by atoms with van der Waals surface area (Å²) >= 11 is 1.84. The number of fused-ring (bicyclic) bond motifs is 5. The Balaban J connectivity index is 1.50. The number of rotatable bonds is 5. The Labute approximate surface area is 244 Å². The van der Waals surface area contributed by atoms with E-state index >= 15 is 0 Å². The topological polar surface area (TPSA) is 17.8 Å². The maximum Gasteiger partial charge on any atom is 0.138 e. The van der Waals surface area contributed by atoms with Gasteiger partial charge in [0.05, 0.1) is 16.7 Å². The van der Waals surface area contributed by atoms with Crippen LogP contribution in [0.2, 0.25) is 0 Å². The van der Waals surface area contributed by atoms with Gasteiger partial charge in [-0.15, -0.1) is 0 Å². The highest BCUT2D eigenvalue weighted by molar-refractivity contribution is 7.99. The maximum atomic E-state index is 5.26. The molecule has 3 heterocycles. The molecule has 0 N–H and O–H groups in total. The molecule has 0 radical (unpaired) electrons. The second-order valence-electron chi connectivity index (χ2n) is 10.2. The van der Waals surface area contributed by atoms with Crippen molar-refractivity contribution in [3.05, 3.63) is 151 Å². The van der Waals surface area contributed by atoms with E-state index in [1.165, 1.54) is 37.3 Å². The van der Waals surface area contributed by atoms with E-state index in [1.54, 1.807) is 6.08 Å². The van der Waals surface area contributed by atoms with Crippen molar-refractivity contribution in [2.75, 3.05) is 0 Å². The molecule has 0 amide bonds. The molecule has 2 nitrogen and oxygen atoms in total. The van der Waals surface area contributed by atoms with Gasteiger partial charge in [0, 0.05) is 20.6 Å². The zero-order valence-corrected chi connectivity index (χ0v) is 23.6. The summed E-state index contributed by atoms with van der Waals surface area (Å²) in [4.78, 5) is 7.80. The number of aromatic nitrogens is 2. The Morgan fingerprint density at radius 3 is 2.37 bits per heavy atom. The van der Waals surface area contributed by atoms with Gasteiger partial charge in [0.15, 0.2) is 0 Å². The van der Waals surface area contributed by atoms with Crippen LogP contribution in [-0.2, 0) is 0 Å². The molecule has 6 aromatic rings. The minimum absolute atomic E-state index is 0.904. The number of hydrogen-bond acceptors (Lipinski definition) is 2. The fourth-order valence-corrected chi connectivity index (χ4v) is 6.54. The molecule has 1 aliphatic heterocycles. The van der Waals surface area contributed by atoms with Crippen molar-refractivity contribution in [2.24, 2.45) is 0 Å². The summed E-state index contributed by atoms with van der Waals surface area (Å²) in [6, 6.07) is 36.9. The Morgan fingerprint density at radius 2 is 1.49 bits per heavy atom. The molecule has 1 aliphatic rings. The SMILES string of the molecule is C=CC=CC=C(C)c1cc(-c2ccccc2)cc(-n2c3ccccc3c3cc4c(cc32)C=Cc2ccccc2S4)n1. The number of nitrogens with zero attached hydrogens (tertiary/aromatic N) is 2. The molecular formula is C38H28N2S. The molecule has 0 saturated heterocycles. The third-order valence-corrected chi connectivity index (χ3v) is 8.70. The first-order valence-electron chi connectivity index (χ1n) is 13.8. The number of hydrogen-bond donors (Lipinski definition) is 0. The van der Waals surface area contributed by atoms with Crippen LogP contribution in [0.15, 0.2) is 144 Å². The Hall–Kier alpha value is -4.86. The lowest BCUT2D eigenvalue weighted by molar-refractivity contribution is 1.07. The summed E-state index contributed by atoms with van der Waals surface area (Å²) in [6.07, 6.45) is 12.3. The van der Waals surface area contributed by atoms with Gasteiger partial charge in [0.2, 0.25) is 0 Å². The molecular weight excluding hydrogens is 516 g/mol. The van der Waals surface area contributed by atoms with Crippen LogP contribution >= 0.6 is 11.8 Å². The van der Waals surface area contributed by atoms with Crippen LogP contribution < -0.4 is 0 Å². The van der Waals surface area contributed by atoms with Gasteiger partial charge in [-0.25, -0.2) is 4.98 Å². The summed E-state index contributed by atoms with van der Waals surface area (Å²) in [6.45, 7) is 5.91. The van der Waals surface area contributed by atoms with Gasteiger partial charge < -0.3 is 0 Å². The smallest absolute Gasteiger partial charge is 0.138 e. The molecule has 0 spiro atoms. The highest BCUT2D eigenvalue weighted by atomic mass is 32.2. The molecule has 0 fully saturated rings. The minimum Gasteiger partial charge on any atom is -0.294 e. The average Bonchev–Trinajstić information content (AvgIpc) is 3.21. The van der Waals surface area contributed by atoms with Crippen LogP contribution in [-0.4, -0.2) is 9.55 Å². The van der Waals surface area contributed by atoms with Crippen molar-refractivity contribution in [1.82, 2.24) is 9.55 Å². The van der Waals surface area contributed by atoms with Gasteiger partial charge in [0.25, 0.3) is 0 Å². The van der Waals surface area contributed by atoms with Gasteiger partial charge in [-0.05, 0) is 71.1 Å². The van der Waals surface area contributed by atoms with Crippen molar-refractivity contribution in [2.45, 2.75) is 16.7 Å². The van der Waals surface area contributed by atoms with Gasteiger partial charge in [0.1, 0.15) is 5.82 Å². The lowest BCUT2D eigenvalue weighted by Crippen LogP contribution is -2.01. The number of benzene rings is 4. The first kappa shape index (κ1) is 25.1. The van der Waals surface area contributed by atoms with E-state index in [-0.39, 0.29) is 0 Å². The largest absolute Gasteiger partial charge is 0.294 e. The molecule has 0 unspecified atom stereocenters. The summed E-state index contributed by atoms with van der Waals surface area (Å²) in [5.74, 6) is 0.904. The lowest BCUT2D eigenvalue weighted by atomic mass is 10.0. The van der Waals surface area contributed by atoms with E-state index in [2.05, 4.69) is 139 Å². The monoisotopic (exact) mass is 544 g/mol. The molecule has 0 saturated carbocycles. The standard InChI is InChI=1S/C38H28N2S/c1-3-4-6-13-26(2)33-22-30(27-14-7-5-8-15-27)24-38(39-33)40-34-18-11-10-17-31(34)32-25-37-29(23-35(32)40)21-20-28-16-9-12-19-36(28)41-37/h3-25H,1H2,2H3. The second kappa shape index (κ2) is 10.6. The van der Waals surface area contributed by atoms with Crippen LogP contribution in [0.4, 0.5) is 0 Å². The fraction of sp³-hybridized carbons (Fsp3) is 0.0263. The van der Waals surface area contributed by atoms with Crippen LogP contribution in [0.3, 0.4) is 0 Å². The summed E-state index contributed by atoms with van der Waals surface area (Å²) < 4.78 is 2.32. The normalized spacial score (nSPS) is 13.0. The van der Waals surface area contributed by atoms with Gasteiger partial charge >= 0.3 is 0 Å². The van der Waals surface area contributed by atoms with E-state index in [1.807, 2.05) is 23.9 Å². The molecule has 7 rings (SSSR count). The van der Waals surface area contributed by atoms with Crippen molar-refractivity contribution in [3.63, 3.8) is 0 Å². The highest BCUT2D eigenvalue weighted by Crippen LogP contribution is 2.42. The van der Waals surface area contributed by atoms with E-state index in [9.17, 15) is 0 Å². The number of allylic oxidation sites excluding steroid dienone is 5. The van der Waals surface area contributed by atoms with Gasteiger partial charge in [-0.3, -0.25) is 4.57 Å². The van der Waals surface area contributed by atoms with Crippen molar-refractivity contribution < 1.29 is 0 Å². The zero-order chi connectivity index (χ0) is 27.8. The quantitative estimate of drug-likeness (QED) is 0.201. The van der Waals surface area contributed by atoms with Crippen LogP contribution in [0.5, 0.6) is 0 Å². The number of para-hydroxylation sites is 1. The molecule has 0 bridgehead atoms. The predicted octanol–water partition coefficient (Wildman–Crippen LogP) is 10.6.